The molecule has 4 aliphatic rings. The van der Waals surface area contributed by atoms with Crippen LogP contribution in [-0.2, 0) is 6.42 Å². The molecule has 5 heteroatoms. The van der Waals surface area contributed by atoms with E-state index in [0.717, 1.165) is 76.4 Å². The maximum atomic E-state index is 13.2. The van der Waals surface area contributed by atoms with Crippen molar-refractivity contribution in [2.24, 2.45) is 28.6 Å². The highest BCUT2D eigenvalue weighted by Gasteiger charge is 2.70. The minimum absolute atomic E-state index is 0.0202. The normalized spacial score (nSPS) is 32.3. The summed E-state index contributed by atoms with van der Waals surface area (Å²) in [5.74, 6) is 2.88. The lowest BCUT2D eigenvalue weighted by Crippen LogP contribution is -2.43. The molecule has 35 heavy (non-hydrogen) atoms. The molecule has 5 rings (SSSR count). The molecule has 0 radical (unpaired) electrons. The molecule has 0 aliphatic heterocycles. The molecule has 1 N–H and O–H groups in total. The van der Waals surface area contributed by atoms with Crippen molar-refractivity contribution >= 4 is 17.5 Å². The summed E-state index contributed by atoms with van der Waals surface area (Å²) in [5, 5.41) is 3.92. The van der Waals surface area contributed by atoms with Crippen LogP contribution >= 0.6 is 11.6 Å². The number of aryl methyl sites for hydroxylation is 1. The van der Waals surface area contributed by atoms with Gasteiger partial charge in [0.05, 0.1) is 10.6 Å². The molecule has 4 saturated carbocycles. The summed E-state index contributed by atoms with van der Waals surface area (Å²) in [6.45, 7) is 14.2. The summed E-state index contributed by atoms with van der Waals surface area (Å²) < 4.78 is 0. The largest absolute Gasteiger partial charge is 0.351 e. The van der Waals surface area contributed by atoms with Crippen LogP contribution in [0.1, 0.15) is 81.6 Å². The van der Waals surface area contributed by atoms with Crippen molar-refractivity contribution in [2.45, 2.75) is 72.1 Å². The Hall–Kier alpha value is -1.10. The average Bonchev–Trinajstić information content (AvgIpc) is 3.17. The van der Waals surface area contributed by atoms with Gasteiger partial charge in [0.1, 0.15) is 0 Å². The van der Waals surface area contributed by atoms with Gasteiger partial charge in [0.25, 0.3) is 5.91 Å². The summed E-state index contributed by atoms with van der Waals surface area (Å²) in [5.41, 5.74) is 2.90. The molecule has 0 heterocycles. The molecule has 0 aromatic heterocycles. The third kappa shape index (κ3) is 4.92. The van der Waals surface area contributed by atoms with Crippen LogP contribution in [0.2, 0.25) is 5.02 Å². The lowest BCUT2D eigenvalue weighted by Gasteiger charge is -2.49. The van der Waals surface area contributed by atoms with E-state index in [1.165, 1.54) is 44.1 Å². The average molecular weight is 500 g/mol. The number of carbonyl (C=O) groups excluding carboxylic acids is 1. The van der Waals surface area contributed by atoms with Crippen molar-refractivity contribution in [2.75, 3.05) is 45.8 Å². The van der Waals surface area contributed by atoms with Crippen LogP contribution in [0, 0.1) is 28.6 Å². The number of nitrogens with one attached hydrogen (secondary N) is 1. The highest BCUT2D eigenvalue weighted by molar-refractivity contribution is 6.33. The van der Waals surface area contributed by atoms with E-state index in [2.05, 4.69) is 42.0 Å². The number of halogens is 1. The zero-order valence-electron chi connectivity index (χ0n) is 22.3. The predicted molar refractivity (Wildman–Crippen MR) is 145 cm³/mol. The lowest BCUT2D eigenvalue weighted by atomic mass is 9.55. The molecule has 5 atom stereocenters. The molecule has 4 fully saturated rings. The summed E-state index contributed by atoms with van der Waals surface area (Å²) in [7, 11) is 0. The number of amides is 1. The van der Waals surface area contributed by atoms with Crippen molar-refractivity contribution in [1.82, 2.24) is 15.1 Å². The highest BCUT2D eigenvalue weighted by Crippen LogP contribution is 2.78. The maximum absolute atomic E-state index is 13.2. The first-order valence-electron chi connectivity index (χ1n) is 14.4. The number of rotatable bonds is 13. The molecule has 0 saturated heterocycles. The quantitative estimate of drug-likeness (QED) is 0.368. The Morgan fingerprint density at radius 1 is 1.00 bits per heavy atom. The second-order valence-corrected chi connectivity index (χ2v) is 12.7. The Labute approximate surface area is 218 Å². The van der Waals surface area contributed by atoms with Gasteiger partial charge in [0.2, 0.25) is 0 Å². The van der Waals surface area contributed by atoms with E-state index in [4.69, 9.17) is 11.6 Å². The zero-order valence-corrected chi connectivity index (χ0v) is 23.0. The van der Waals surface area contributed by atoms with E-state index < -0.39 is 0 Å². The number of hydrogen-bond acceptors (Lipinski definition) is 3. The van der Waals surface area contributed by atoms with Crippen molar-refractivity contribution < 1.29 is 4.79 Å². The van der Waals surface area contributed by atoms with Crippen LogP contribution < -0.4 is 5.32 Å². The minimum atomic E-state index is 0.0202. The molecule has 4 nitrogen and oxygen atoms in total. The predicted octanol–water partition coefficient (Wildman–Crippen LogP) is 5.88. The number of hydrogen-bond donors (Lipinski definition) is 1. The second kappa shape index (κ2) is 10.3. The number of nitrogens with zero attached hydrogens (tertiary/aromatic N) is 2. The fourth-order valence-corrected chi connectivity index (χ4v) is 8.97. The summed E-state index contributed by atoms with van der Waals surface area (Å²) >= 11 is 6.51. The van der Waals surface area contributed by atoms with Crippen LogP contribution in [0.3, 0.4) is 0 Å². The third-order valence-corrected chi connectivity index (χ3v) is 10.8. The summed E-state index contributed by atoms with van der Waals surface area (Å²) in [4.78, 5) is 18.3. The highest BCUT2D eigenvalue weighted by atomic mass is 35.5. The van der Waals surface area contributed by atoms with Gasteiger partial charge in [-0.1, -0.05) is 38.4 Å². The molecule has 1 aromatic carbocycles. The molecule has 4 aliphatic carbocycles. The van der Waals surface area contributed by atoms with Gasteiger partial charge in [-0.3, -0.25) is 4.79 Å². The fourth-order valence-electron chi connectivity index (χ4n) is 8.77. The first-order chi connectivity index (χ1) is 16.9. The topological polar surface area (TPSA) is 35.6 Å². The van der Waals surface area contributed by atoms with E-state index in [0.29, 0.717) is 21.4 Å². The van der Waals surface area contributed by atoms with Gasteiger partial charge < -0.3 is 15.1 Å². The minimum Gasteiger partial charge on any atom is -0.351 e. The summed E-state index contributed by atoms with van der Waals surface area (Å²) in [6, 6.07) is 6.05. The SMILES string of the molecule is CCN(CC)CCN(CC)CCCc1ccc(Cl)c(C(=O)NCC23CC4CC5CC(C2)C5(C4)C3)c1. The summed E-state index contributed by atoms with van der Waals surface area (Å²) in [6.07, 6.45) is 10.5. The molecule has 3 bridgehead atoms. The molecule has 1 spiro atoms. The van der Waals surface area contributed by atoms with Crippen LogP contribution in [-0.4, -0.2) is 61.5 Å². The fraction of sp³-hybridized carbons (Fsp3) is 0.767. The van der Waals surface area contributed by atoms with Crippen LogP contribution in [0.4, 0.5) is 0 Å². The van der Waals surface area contributed by atoms with Crippen LogP contribution in [0.15, 0.2) is 18.2 Å². The van der Waals surface area contributed by atoms with E-state index in [1.807, 2.05) is 12.1 Å². The zero-order chi connectivity index (χ0) is 24.6. The Bertz CT molecular complexity index is 913. The monoisotopic (exact) mass is 499 g/mol. The molecule has 194 valence electrons. The van der Waals surface area contributed by atoms with Gasteiger partial charge in [0, 0.05) is 19.6 Å². The Morgan fingerprint density at radius 2 is 1.77 bits per heavy atom. The van der Waals surface area contributed by atoms with E-state index in [1.54, 1.807) is 0 Å². The van der Waals surface area contributed by atoms with Gasteiger partial charge in [-0.25, -0.2) is 0 Å². The van der Waals surface area contributed by atoms with Crippen molar-refractivity contribution in [3.8, 4) is 0 Å². The van der Waals surface area contributed by atoms with Crippen LogP contribution in [0.5, 0.6) is 0 Å². The van der Waals surface area contributed by atoms with Gasteiger partial charge >= 0.3 is 0 Å². The molecular weight excluding hydrogens is 454 g/mol. The van der Waals surface area contributed by atoms with Crippen molar-refractivity contribution in [1.29, 1.82) is 0 Å². The second-order valence-electron chi connectivity index (χ2n) is 12.3. The van der Waals surface area contributed by atoms with E-state index >= 15 is 0 Å². The van der Waals surface area contributed by atoms with E-state index in [9.17, 15) is 4.79 Å². The Morgan fingerprint density at radius 3 is 2.54 bits per heavy atom. The number of benzene rings is 1. The number of carbonyl (C=O) groups is 1. The first kappa shape index (κ1) is 25.5. The third-order valence-electron chi connectivity index (χ3n) is 10.5. The molecule has 1 aromatic rings. The van der Waals surface area contributed by atoms with Gasteiger partial charge in [0.15, 0.2) is 0 Å². The standard InChI is InChI=1S/C30H46ClN3O/c1-4-33(5-2)12-13-34(6-3)11-7-8-22-9-10-27(31)26(15-22)28(35)32-21-29-17-23-14-24-16-25(19-29)30(24,18-23)20-29/h9-10,15,23-25H,4-8,11-14,16-21H2,1-3H3,(H,32,35). The molecular formula is C30H46ClN3O. The molecule has 5 unspecified atom stereocenters. The van der Waals surface area contributed by atoms with Gasteiger partial charge in [-0.15, -0.1) is 0 Å². The number of likely N-dealkylation sites (N-methyl/N-ethyl adjacent to an activating group) is 2. The lowest BCUT2D eigenvalue weighted by molar-refractivity contribution is -0.00253. The Balaban J connectivity index is 1.13. The van der Waals surface area contributed by atoms with Gasteiger partial charge in [-0.05, 0) is 124 Å². The van der Waals surface area contributed by atoms with Crippen molar-refractivity contribution in [3.05, 3.63) is 34.3 Å². The van der Waals surface area contributed by atoms with Crippen LogP contribution in [0.25, 0.3) is 0 Å². The first-order valence-corrected chi connectivity index (χ1v) is 14.8. The van der Waals surface area contributed by atoms with Gasteiger partial charge in [-0.2, -0.15) is 0 Å². The Kier molecular flexibility index (Phi) is 7.55. The number of fused-ring (bicyclic) bond motifs is 2. The molecule has 1 amide bonds. The van der Waals surface area contributed by atoms with Crippen molar-refractivity contribution in [3.63, 3.8) is 0 Å². The maximum Gasteiger partial charge on any atom is 0.252 e. The smallest absolute Gasteiger partial charge is 0.252 e. The van der Waals surface area contributed by atoms with E-state index in [-0.39, 0.29) is 5.91 Å².